The van der Waals surface area contributed by atoms with Gasteiger partial charge in [0, 0.05) is 15.5 Å². The highest BCUT2D eigenvalue weighted by molar-refractivity contribution is 9.10. The number of aryl methyl sites for hydroxylation is 1. The summed E-state index contributed by atoms with van der Waals surface area (Å²) in [4.78, 5) is 0. The lowest BCUT2D eigenvalue weighted by molar-refractivity contribution is 0.481. The van der Waals surface area contributed by atoms with Crippen molar-refractivity contribution in [1.29, 1.82) is 0 Å². The summed E-state index contributed by atoms with van der Waals surface area (Å²) in [5.74, 6) is 1.58. The fraction of sp³-hybridized carbons (Fsp3) is 0.250. The van der Waals surface area contributed by atoms with Crippen molar-refractivity contribution in [2.24, 2.45) is 0 Å². The second kappa shape index (κ2) is 6.61. The van der Waals surface area contributed by atoms with Gasteiger partial charge in [-0.3, -0.25) is 0 Å². The first-order valence-corrected chi connectivity index (χ1v) is 7.59. The number of rotatable bonds is 4. The molecule has 0 bridgehead atoms. The van der Waals surface area contributed by atoms with Crippen molar-refractivity contribution < 1.29 is 4.74 Å². The molecule has 0 fully saturated rings. The van der Waals surface area contributed by atoms with E-state index in [1.54, 1.807) is 0 Å². The second-order valence-corrected chi connectivity index (χ2v) is 5.97. The summed E-state index contributed by atoms with van der Waals surface area (Å²) < 4.78 is 6.88. The minimum absolute atomic E-state index is 0.288. The second-order valence-electron chi connectivity index (χ2n) is 4.71. The van der Waals surface area contributed by atoms with Crippen LogP contribution in [0.2, 0.25) is 5.02 Å². The quantitative estimate of drug-likeness (QED) is 0.784. The fourth-order valence-electron chi connectivity index (χ4n) is 1.89. The van der Waals surface area contributed by atoms with Crippen molar-refractivity contribution in [3.8, 4) is 11.5 Å². The van der Waals surface area contributed by atoms with Gasteiger partial charge in [-0.15, -0.1) is 0 Å². The Morgan fingerprint density at radius 3 is 2.40 bits per heavy atom. The summed E-state index contributed by atoms with van der Waals surface area (Å²) in [6, 6.07) is 11.9. The van der Waals surface area contributed by atoms with Crippen molar-refractivity contribution >= 4 is 27.5 Å². The maximum absolute atomic E-state index is 6.01. The van der Waals surface area contributed by atoms with Gasteiger partial charge in [0.1, 0.15) is 11.5 Å². The van der Waals surface area contributed by atoms with Crippen LogP contribution in [0.25, 0.3) is 0 Å². The molecule has 2 nitrogen and oxygen atoms in total. The van der Waals surface area contributed by atoms with Gasteiger partial charge in [-0.05, 0) is 62.4 Å². The zero-order chi connectivity index (χ0) is 14.7. The normalized spacial score (nSPS) is 12.2. The van der Waals surface area contributed by atoms with Crippen LogP contribution in [0.4, 0.5) is 0 Å². The molecule has 20 heavy (non-hydrogen) atoms. The summed E-state index contributed by atoms with van der Waals surface area (Å²) in [5, 5.41) is 3.97. The van der Waals surface area contributed by atoms with Crippen molar-refractivity contribution in [3.63, 3.8) is 0 Å². The van der Waals surface area contributed by atoms with E-state index in [0.29, 0.717) is 0 Å². The van der Waals surface area contributed by atoms with Crippen molar-refractivity contribution in [1.82, 2.24) is 5.32 Å². The van der Waals surface area contributed by atoms with Crippen LogP contribution in [0.5, 0.6) is 11.5 Å². The predicted octanol–water partition coefficient (Wildman–Crippen LogP) is 5.48. The SMILES string of the molecule is CNC(C)c1ccc(Oc2ccc(Cl)c(C)c2)cc1Br. The molecular formula is C16H17BrClNO. The van der Waals surface area contributed by atoms with E-state index in [1.807, 2.05) is 44.3 Å². The lowest BCUT2D eigenvalue weighted by Crippen LogP contribution is -2.12. The Labute approximate surface area is 133 Å². The summed E-state index contributed by atoms with van der Waals surface area (Å²) >= 11 is 9.60. The molecule has 0 aromatic heterocycles. The molecule has 1 unspecified atom stereocenters. The number of hydrogen-bond acceptors (Lipinski definition) is 2. The van der Waals surface area contributed by atoms with Crippen LogP contribution in [0.15, 0.2) is 40.9 Å². The predicted molar refractivity (Wildman–Crippen MR) is 87.9 cm³/mol. The third kappa shape index (κ3) is 3.54. The van der Waals surface area contributed by atoms with Gasteiger partial charge in [-0.25, -0.2) is 0 Å². The first kappa shape index (κ1) is 15.4. The van der Waals surface area contributed by atoms with E-state index in [1.165, 1.54) is 5.56 Å². The largest absolute Gasteiger partial charge is 0.457 e. The van der Waals surface area contributed by atoms with Gasteiger partial charge in [0.15, 0.2) is 0 Å². The molecule has 2 aromatic carbocycles. The molecule has 2 aromatic rings. The molecule has 0 aliphatic heterocycles. The average Bonchev–Trinajstić information content (AvgIpc) is 2.42. The lowest BCUT2D eigenvalue weighted by Gasteiger charge is -2.14. The van der Waals surface area contributed by atoms with Crippen molar-refractivity contribution in [2.75, 3.05) is 7.05 Å². The number of ether oxygens (including phenoxy) is 1. The van der Waals surface area contributed by atoms with Gasteiger partial charge in [0.05, 0.1) is 0 Å². The van der Waals surface area contributed by atoms with Crippen LogP contribution in [0.3, 0.4) is 0 Å². The Balaban J connectivity index is 2.22. The standard InChI is InChI=1S/C16H17BrClNO/c1-10-8-12(5-7-16(10)18)20-13-4-6-14(11(2)19-3)15(17)9-13/h4-9,11,19H,1-3H3. The van der Waals surface area contributed by atoms with E-state index in [-0.39, 0.29) is 6.04 Å². The molecule has 4 heteroatoms. The summed E-state index contributed by atoms with van der Waals surface area (Å²) in [6.45, 7) is 4.08. The molecule has 0 aliphatic carbocycles. The van der Waals surface area contributed by atoms with Gasteiger partial charge in [0.25, 0.3) is 0 Å². The molecule has 106 valence electrons. The van der Waals surface area contributed by atoms with Crippen LogP contribution < -0.4 is 10.1 Å². The summed E-state index contributed by atoms with van der Waals surface area (Å²) in [7, 11) is 1.94. The molecular weight excluding hydrogens is 338 g/mol. The Kier molecular flexibility index (Phi) is 5.08. The van der Waals surface area contributed by atoms with Crippen molar-refractivity contribution in [2.45, 2.75) is 19.9 Å². The average molecular weight is 355 g/mol. The molecule has 2 rings (SSSR count). The van der Waals surface area contributed by atoms with E-state index in [4.69, 9.17) is 16.3 Å². The van der Waals surface area contributed by atoms with E-state index in [2.05, 4.69) is 34.2 Å². The topological polar surface area (TPSA) is 21.3 Å². The van der Waals surface area contributed by atoms with E-state index in [9.17, 15) is 0 Å². The Morgan fingerprint density at radius 2 is 1.80 bits per heavy atom. The Bertz CT molecular complexity index is 615. The van der Waals surface area contributed by atoms with Crippen LogP contribution in [0, 0.1) is 6.92 Å². The van der Waals surface area contributed by atoms with Gasteiger partial charge < -0.3 is 10.1 Å². The monoisotopic (exact) mass is 353 g/mol. The van der Waals surface area contributed by atoms with Crippen LogP contribution in [-0.4, -0.2) is 7.05 Å². The Hall–Kier alpha value is -1.03. The van der Waals surface area contributed by atoms with Gasteiger partial charge >= 0.3 is 0 Å². The summed E-state index contributed by atoms with van der Waals surface area (Å²) in [6.07, 6.45) is 0. The first-order chi connectivity index (χ1) is 9.51. The first-order valence-electron chi connectivity index (χ1n) is 6.42. The van der Waals surface area contributed by atoms with Gasteiger partial charge in [0.2, 0.25) is 0 Å². The van der Waals surface area contributed by atoms with Crippen LogP contribution in [-0.2, 0) is 0 Å². The molecule has 0 heterocycles. The highest BCUT2D eigenvalue weighted by atomic mass is 79.9. The number of halogens is 2. The van der Waals surface area contributed by atoms with E-state index < -0.39 is 0 Å². The molecule has 1 atom stereocenters. The van der Waals surface area contributed by atoms with E-state index in [0.717, 1.165) is 26.6 Å². The van der Waals surface area contributed by atoms with Crippen LogP contribution >= 0.6 is 27.5 Å². The minimum Gasteiger partial charge on any atom is -0.457 e. The summed E-state index contributed by atoms with van der Waals surface area (Å²) in [5.41, 5.74) is 2.20. The van der Waals surface area contributed by atoms with Crippen molar-refractivity contribution in [3.05, 3.63) is 57.0 Å². The smallest absolute Gasteiger partial charge is 0.128 e. The number of hydrogen-bond donors (Lipinski definition) is 1. The molecule has 0 amide bonds. The maximum Gasteiger partial charge on any atom is 0.128 e. The van der Waals surface area contributed by atoms with Crippen LogP contribution in [0.1, 0.15) is 24.1 Å². The molecule has 1 N–H and O–H groups in total. The highest BCUT2D eigenvalue weighted by Crippen LogP contribution is 2.31. The number of benzene rings is 2. The lowest BCUT2D eigenvalue weighted by atomic mass is 10.1. The molecule has 0 saturated heterocycles. The van der Waals surface area contributed by atoms with E-state index >= 15 is 0 Å². The zero-order valence-corrected chi connectivity index (χ0v) is 14.0. The highest BCUT2D eigenvalue weighted by Gasteiger charge is 2.09. The molecule has 0 aliphatic rings. The van der Waals surface area contributed by atoms with Gasteiger partial charge in [-0.2, -0.15) is 0 Å². The Morgan fingerprint density at radius 1 is 1.15 bits per heavy atom. The fourth-order valence-corrected chi connectivity index (χ4v) is 2.71. The molecule has 0 saturated carbocycles. The molecule has 0 radical (unpaired) electrons. The number of nitrogens with one attached hydrogen (secondary N) is 1. The maximum atomic E-state index is 6.01. The molecule has 0 spiro atoms. The zero-order valence-electron chi connectivity index (χ0n) is 11.7. The minimum atomic E-state index is 0.288. The third-order valence-corrected chi connectivity index (χ3v) is 4.35. The van der Waals surface area contributed by atoms with Gasteiger partial charge in [-0.1, -0.05) is 33.6 Å². The third-order valence-electron chi connectivity index (χ3n) is 3.24.